The van der Waals surface area contributed by atoms with Crippen molar-refractivity contribution in [2.24, 2.45) is 11.8 Å². The molecule has 1 heterocycles. The lowest BCUT2D eigenvalue weighted by molar-refractivity contribution is 0.239. The molecule has 1 atom stereocenters. The maximum atomic E-state index is 5.32. The molecule has 1 saturated heterocycles. The van der Waals surface area contributed by atoms with Crippen molar-refractivity contribution in [2.45, 2.75) is 38.7 Å². The minimum Gasteiger partial charge on any atom is -0.373 e. The molecule has 0 aromatic carbocycles. The van der Waals surface area contributed by atoms with Crippen LogP contribution in [-0.4, -0.2) is 12.7 Å². The van der Waals surface area contributed by atoms with Crippen LogP contribution in [0.1, 0.15) is 32.6 Å². The predicted octanol–water partition coefficient (Wildman–Crippen LogP) is 2.77. The molecule has 1 nitrogen and oxygen atoms in total. The summed E-state index contributed by atoms with van der Waals surface area (Å²) in [5.41, 5.74) is 1.38. The molecule has 2 fully saturated rings. The van der Waals surface area contributed by atoms with Gasteiger partial charge in [0.1, 0.15) is 0 Å². The third-order valence-corrected chi connectivity index (χ3v) is 3.35. The third-order valence-electron chi connectivity index (χ3n) is 3.35. The van der Waals surface area contributed by atoms with E-state index in [9.17, 15) is 0 Å². The van der Waals surface area contributed by atoms with Crippen molar-refractivity contribution in [1.82, 2.24) is 0 Å². The molecule has 0 aromatic heterocycles. The highest BCUT2D eigenvalue weighted by Crippen LogP contribution is 2.38. The number of rotatable bonds is 2. The van der Waals surface area contributed by atoms with Gasteiger partial charge in [-0.1, -0.05) is 12.2 Å². The summed E-state index contributed by atoms with van der Waals surface area (Å²) in [6.45, 7) is 7.23. The minimum atomic E-state index is 0.635. The fourth-order valence-corrected chi connectivity index (χ4v) is 2.31. The van der Waals surface area contributed by atoms with E-state index in [4.69, 9.17) is 4.74 Å². The molecule has 1 aliphatic heterocycles. The lowest BCUT2D eigenvalue weighted by atomic mass is 9.78. The lowest BCUT2D eigenvalue weighted by Gasteiger charge is -2.27. The van der Waals surface area contributed by atoms with Crippen molar-refractivity contribution in [2.75, 3.05) is 6.61 Å². The van der Waals surface area contributed by atoms with E-state index in [0.29, 0.717) is 6.10 Å². The Morgan fingerprint density at radius 1 is 1.25 bits per heavy atom. The standard InChI is InChI=1S/C11H18O/c1-8(2)9-3-5-10(6-4-9)11-7-12-11/h9-11H,1,3-7H2,2H3. The van der Waals surface area contributed by atoms with Crippen molar-refractivity contribution < 1.29 is 4.74 Å². The highest BCUT2D eigenvalue weighted by molar-refractivity contribution is 4.99. The van der Waals surface area contributed by atoms with Crippen LogP contribution in [0.25, 0.3) is 0 Å². The highest BCUT2D eigenvalue weighted by Gasteiger charge is 2.35. The van der Waals surface area contributed by atoms with E-state index in [1.165, 1.54) is 31.3 Å². The maximum absolute atomic E-state index is 5.32. The van der Waals surface area contributed by atoms with Gasteiger partial charge in [-0.2, -0.15) is 0 Å². The SMILES string of the molecule is C=C(C)C1CCC(C2CO2)CC1. The van der Waals surface area contributed by atoms with E-state index in [1.54, 1.807) is 0 Å². The maximum Gasteiger partial charge on any atom is 0.0838 e. The van der Waals surface area contributed by atoms with Gasteiger partial charge in [0.25, 0.3) is 0 Å². The van der Waals surface area contributed by atoms with Crippen molar-refractivity contribution >= 4 is 0 Å². The zero-order valence-corrected chi connectivity index (χ0v) is 7.88. The van der Waals surface area contributed by atoms with Crippen molar-refractivity contribution in [3.05, 3.63) is 12.2 Å². The van der Waals surface area contributed by atoms with E-state index in [2.05, 4.69) is 13.5 Å². The first kappa shape index (κ1) is 8.31. The average molecular weight is 166 g/mol. The second kappa shape index (κ2) is 3.21. The van der Waals surface area contributed by atoms with Crippen LogP contribution in [0.4, 0.5) is 0 Å². The van der Waals surface area contributed by atoms with Crippen molar-refractivity contribution in [3.8, 4) is 0 Å². The van der Waals surface area contributed by atoms with Gasteiger partial charge in [-0.3, -0.25) is 0 Å². The molecule has 1 saturated carbocycles. The van der Waals surface area contributed by atoms with E-state index >= 15 is 0 Å². The summed E-state index contributed by atoms with van der Waals surface area (Å²) in [6, 6.07) is 0. The Kier molecular flexibility index (Phi) is 2.22. The van der Waals surface area contributed by atoms with Gasteiger partial charge in [-0.25, -0.2) is 0 Å². The van der Waals surface area contributed by atoms with Crippen LogP contribution < -0.4 is 0 Å². The van der Waals surface area contributed by atoms with Gasteiger partial charge in [0.2, 0.25) is 0 Å². The molecule has 1 aliphatic carbocycles. The number of ether oxygens (including phenoxy) is 1. The second-order valence-electron chi connectivity index (χ2n) is 4.33. The minimum absolute atomic E-state index is 0.635. The Labute approximate surface area is 74.8 Å². The average Bonchev–Trinajstić information content (AvgIpc) is 2.87. The molecule has 0 amide bonds. The van der Waals surface area contributed by atoms with Crippen LogP contribution in [-0.2, 0) is 4.74 Å². The van der Waals surface area contributed by atoms with Crippen LogP contribution in [0.3, 0.4) is 0 Å². The third kappa shape index (κ3) is 1.71. The quantitative estimate of drug-likeness (QED) is 0.454. The molecule has 0 N–H and O–H groups in total. The highest BCUT2D eigenvalue weighted by atomic mass is 16.6. The summed E-state index contributed by atoms with van der Waals surface area (Å²) in [5, 5.41) is 0. The van der Waals surface area contributed by atoms with E-state index < -0.39 is 0 Å². The van der Waals surface area contributed by atoms with Gasteiger partial charge < -0.3 is 4.74 Å². The normalized spacial score (nSPS) is 40.9. The lowest BCUT2D eigenvalue weighted by Crippen LogP contribution is -2.18. The summed E-state index contributed by atoms with van der Waals surface area (Å²) < 4.78 is 5.32. The van der Waals surface area contributed by atoms with Gasteiger partial charge >= 0.3 is 0 Å². The Morgan fingerprint density at radius 2 is 1.83 bits per heavy atom. The molecule has 2 aliphatic rings. The first-order valence-electron chi connectivity index (χ1n) is 5.04. The van der Waals surface area contributed by atoms with Crippen LogP contribution in [0.5, 0.6) is 0 Å². The molecule has 1 heteroatoms. The van der Waals surface area contributed by atoms with Gasteiger partial charge in [0.05, 0.1) is 12.7 Å². The molecule has 68 valence electrons. The van der Waals surface area contributed by atoms with Crippen LogP contribution in [0, 0.1) is 11.8 Å². The topological polar surface area (TPSA) is 12.5 Å². The van der Waals surface area contributed by atoms with Crippen LogP contribution in [0.2, 0.25) is 0 Å². The molecular formula is C11H18O. The largest absolute Gasteiger partial charge is 0.373 e. The summed E-state index contributed by atoms with van der Waals surface area (Å²) in [4.78, 5) is 0. The number of epoxide rings is 1. The Morgan fingerprint density at radius 3 is 2.25 bits per heavy atom. The van der Waals surface area contributed by atoms with E-state index in [0.717, 1.165) is 18.4 Å². The van der Waals surface area contributed by atoms with Crippen molar-refractivity contribution in [1.29, 1.82) is 0 Å². The Balaban J connectivity index is 1.80. The first-order chi connectivity index (χ1) is 5.77. The first-order valence-corrected chi connectivity index (χ1v) is 5.04. The summed E-state index contributed by atoms with van der Waals surface area (Å²) in [7, 11) is 0. The summed E-state index contributed by atoms with van der Waals surface area (Å²) >= 11 is 0. The fourth-order valence-electron chi connectivity index (χ4n) is 2.31. The molecule has 1 unspecified atom stereocenters. The van der Waals surface area contributed by atoms with Crippen molar-refractivity contribution in [3.63, 3.8) is 0 Å². The molecule has 12 heavy (non-hydrogen) atoms. The number of hydrogen-bond donors (Lipinski definition) is 0. The van der Waals surface area contributed by atoms with Gasteiger partial charge in [0.15, 0.2) is 0 Å². The second-order valence-corrected chi connectivity index (χ2v) is 4.33. The smallest absolute Gasteiger partial charge is 0.0838 e. The van der Waals surface area contributed by atoms with E-state index in [-0.39, 0.29) is 0 Å². The predicted molar refractivity (Wildman–Crippen MR) is 50.0 cm³/mol. The molecule has 0 radical (unpaired) electrons. The van der Waals surface area contributed by atoms with Gasteiger partial charge in [-0.05, 0) is 44.4 Å². The molecule has 2 rings (SSSR count). The van der Waals surface area contributed by atoms with Gasteiger partial charge in [-0.15, -0.1) is 0 Å². The number of hydrogen-bond acceptors (Lipinski definition) is 1. The summed E-state index contributed by atoms with van der Waals surface area (Å²) in [5.74, 6) is 1.68. The van der Waals surface area contributed by atoms with Crippen LogP contribution >= 0.6 is 0 Å². The zero-order chi connectivity index (χ0) is 8.55. The Hall–Kier alpha value is -0.300. The van der Waals surface area contributed by atoms with Gasteiger partial charge in [0, 0.05) is 0 Å². The molecule has 0 spiro atoms. The Bertz CT molecular complexity index is 173. The molecule has 0 bridgehead atoms. The zero-order valence-electron chi connectivity index (χ0n) is 7.88. The van der Waals surface area contributed by atoms with Crippen LogP contribution in [0.15, 0.2) is 12.2 Å². The van der Waals surface area contributed by atoms with E-state index in [1.807, 2.05) is 0 Å². The molecular weight excluding hydrogens is 148 g/mol. The number of allylic oxidation sites excluding steroid dienone is 1. The fraction of sp³-hybridized carbons (Fsp3) is 0.818. The summed E-state index contributed by atoms with van der Waals surface area (Å²) in [6.07, 6.45) is 6.06. The molecule has 0 aromatic rings. The monoisotopic (exact) mass is 166 g/mol.